The molecule has 0 atom stereocenters. The Morgan fingerprint density at radius 1 is 0.692 bits per heavy atom. The fourth-order valence-corrected chi connectivity index (χ4v) is 73.6. The van der Waals surface area contributed by atoms with Crippen LogP contribution in [0.4, 0.5) is 0 Å². The molecule has 0 bridgehead atoms. The Kier molecular flexibility index (Phi) is 10.2. The van der Waals surface area contributed by atoms with Crippen molar-refractivity contribution in [3.8, 4) is 0 Å². The molecule has 0 rings (SSSR count). The molecule has 20 heteroatoms. The van der Waals surface area contributed by atoms with Crippen molar-refractivity contribution in [2.75, 3.05) is 0 Å². The summed E-state index contributed by atoms with van der Waals surface area (Å²) in [6.45, 7) is 9.02. The van der Waals surface area contributed by atoms with Crippen molar-refractivity contribution < 1.29 is 44.6 Å². The third-order valence-electron chi connectivity index (χ3n) is 3.67. The average molecular weight is 528 g/mol. The molecule has 0 fully saturated rings. The minimum absolute atomic E-state index is 0.875. The molecule has 0 aromatic heterocycles. The fourth-order valence-electron chi connectivity index (χ4n) is 1.09. The lowest BCUT2D eigenvalue weighted by Crippen LogP contribution is -2.55. The Morgan fingerprint density at radius 2 is 1.04 bits per heavy atom. The highest BCUT2D eigenvalue weighted by atomic mass is 30.0. The molecule has 0 saturated carbocycles. The first kappa shape index (κ1) is 26.2. The summed E-state index contributed by atoms with van der Waals surface area (Å²) in [5.74, 6) is 0. The van der Waals surface area contributed by atoms with Crippen LogP contribution in [0.25, 0.3) is 0 Å². The van der Waals surface area contributed by atoms with Crippen LogP contribution in [-0.2, 0) is 44.6 Å². The van der Waals surface area contributed by atoms with Gasteiger partial charge in [-0.05, 0) is 13.8 Å². The minimum Gasteiger partial charge on any atom is -0.521 e. The van der Waals surface area contributed by atoms with Crippen molar-refractivity contribution in [3.05, 3.63) is 0 Å². The molecule has 0 amide bonds. The Bertz CT molecular complexity index is 761. The average Bonchev–Trinajstić information content (AvgIpc) is 2.55. The highest BCUT2D eigenvalue weighted by molar-refractivity contribution is 7.74. The fraction of sp³-hybridized carbons (Fsp3) is 1.00. The minimum atomic E-state index is -3.69. The number of hydrogen-bond donors (Lipinski definition) is 0. The summed E-state index contributed by atoms with van der Waals surface area (Å²) in [6.07, 6.45) is 0. The van der Waals surface area contributed by atoms with Gasteiger partial charge in [0.1, 0.15) is 0 Å². The van der Waals surface area contributed by atoms with Crippen molar-refractivity contribution in [2.45, 2.75) is 38.7 Å². The summed E-state index contributed by atoms with van der Waals surface area (Å²) in [5.41, 5.74) is 0. The topological polar surface area (TPSA) is 163 Å². The zero-order chi connectivity index (χ0) is 21.0. The van der Waals surface area contributed by atoms with Gasteiger partial charge in [-0.3, -0.25) is 0 Å². The summed E-state index contributed by atoms with van der Waals surface area (Å²) in [4.78, 5) is 0. The Labute approximate surface area is 162 Å². The standard InChI is InChI=1S/C6H15O10Si10/c1-6(2,26(3,4)5)16-18(8)20(10)22(12)24(14)25(15)23(13)21(11)19(9)17-7/h1-5H3. The lowest BCUT2D eigenvalue weighted by molar-refractivity contribution is 0.176. The molecule has 0 unspecified atom stereocenters. The van der Waals surface area contributed by atoms with Crippen molar-refractivity contribution in [1.29, 1.82) is 0 Å². The van der Waals surface area contributed by atoms with E-state index in [0.29, 0.717) is 0 Å². The Hall–Kier alpha value is 0.169. The van der Waals surface area contributed by atoms with Gasteiger partial charge in [0.2, 0.25) is 0 Å². The SMILES string of the molecule is CC(C)(O[Si](=O)[Si](=O)[Si](=O)[Si](=O)[Si](=O)[Si](=O)[Si](=O)[Si](=O)[Si]=O)[Si](C)(C)C. The summed E-state index contributed by atoms with van der Waals surface area (Å²) in [6, 6.07) is 0. The zero-order valence-corrected chi connectivity index (χ0v) is 24.6. The molecule has 1 radical (unpaired) electrons. The molecule has 0 aliphatic heterocycles. The lowest BCUT2D eigenvalue weighted by atomic mass is 10.5. The van der Waals surface area contributed by atoms with Gasteiger partial charge in [-0.15, -0.1) is 0 Å². The van der Waals surface area contributed by atoms with E-state index < -0.39 is 84.7 Å². The molecule has 0 aromatic rings. The van der Waals surface area contributed by atoms with Gasteiger partial charge in [-0.25, -0.2) is 0 Å². The van der Waals surface area contributed by atoms with Gasteiger partial charge in [-0.1, -0.05) is 19.6 Å². The van der Waals surface area contributed by atoms with E-state index in [2.05, 4.69) is 0 Å². The van der Waals surface area contributed by atoms with Crippen LogP contribution < -0.4 is 0 Å². The lowest BCUT2D eigenvalue weighted by Gasteiger charge is -2.37. The van der Waals surface area contributed by atoms with E-state index in [9.17, 15) is 40.2 Å². The van der Waals surface area contributed by atoms with Gasteiger partial charge in [-0.2, -0.15) is 0 Å². The maximum absolute atomic E-state index is 12.2. The smallest absolute Gasteiger partial charge is 0.521 e. The first-order chi connectivity index (χ1) is 11.6. The number of hydrogen-bond acceptors (Lipinski definition) is 10. The van der Waals surface area contributed by atoms with E-state index in [1.165, 1.54) is 0 Å². The van der Waals surface area contributed by atoms with Crippen LogP contribution in [0.2, 0.25) is 19.6 Å². The molecule has 0 heterocycles. The van der Waals surface area contributed by atoms with Gasteiger partial charge in [0.15, 0.2) is 0 Å². The van der Waals surface area contributed by atoms with Crippen molar-refractivity contribution in [2.24, 2.45) is 0 Å². The summed E-state index contributed by atoms with van der Waals surface area (Å²) < 4.78 is 111. The Morgan fingerprint density at radius 3 is 1.38 bits per heavy atom. The predicted molar refractivity (Wildman–Crippen MR) is 96.5 cm³/mol. The first-order valence-corrected chi connectivity index (χ1v) is 30.6. The van der Waals surface area contributed by atoms with Crippen LogP contribution in [-0.4, -0.2) is 84.7 Å². The van der Waals surface area contributed by atoms with E-state index in [4.69, 9.17) is 4.43 Å². The van der Waals surface area contributed by atoms with Crippen molar-refractivity contribution >= 4 is 79.5 Å². The normalized spacial score (nSPS) is 11.1. The van der Waals surface area contributed by atoms with Crippen LogP contribution in [0.3, 0.4) is 0 Å². The molecule has 0 aromatic carbocycles. The molecule has 0 saturated heterocycles. The maximum Gasteiger partial charge on any atom is 0.546 e. The third-order valence-corrected chi connectivity index (χ3v) is 61.5. The van der Waals surface area contributed by atoms with E-state index in [1.54, 1.807) is 13.8 Å². The summed E-state index contributed by atoms with van der Waals surface area (Å²) in [7, 11) is -31.7. The summed E-state index contributed by atoms with van der Waals surface area (Å²) in [5, 5.41) is -0.875. The van der Waals surface area contributed by atoms with Gasteiger partial charge in [0.05, 0.1) is 13.3 Å². The number of rotatable bonds is 11. The van der Waals surface area contributed by atoms with E-state index >= 15 is 0 Å². The molecule has 139 valence electrons. The zero-order valence-electron chi connectivity index (χ0n) is 14.6. The quantitative estimate of drug-likeness (QED) is 0.265. The molecule has 0 aliphatic rings. The Balaban J connectivity index is 5.30. The predicted octanol–water partition coefficient (Wildman–Crippen LogP) is -2.37. The van der Waals surface area contributed by atoms with Crippen LogP contribution in [0, 0.1) is 0 Å². The van der Waals surface area contributed by atoms with Crippen LogP contribution in [0.1, 0.15) is 13.8 Å². The molecule has 0 aliphatic carbocycles. The van der Waals surface area contributed by atoms with E-state index in [-0.39, 0.29) is 0 Å². The van der Waals surface area contributed by atoms with Crippen molar-refractivity contribution in [1.82, 2.24) is 0 Å². The molecular weight excluding hydrogens is 513 g/mol. The van der Waals surface area contributed by atoms with Gasteiger partial charge < -0.3 is 44.6 Å². The molecular formula is C6H15O10Si10. The highest BCUT2D eigenvalue weighted by Gasteiger charge is 2.51. The van der Waals surface area contributed by atoms with Crippen LogP contribution in [0.15, 0.2) is 0 Å². The van der Waals surface area contributed by atoms with Crippen molar-refractivity contribution in [3.63, 3.8) is 0 Å². The monoisotopic (exact) mass is 527 g/mol. The molecule has 0 N–H and O–H groups in total. The van der Waals surface area contributed by atoms with Gasteiger partial charge in [0.25, 0.3) is 0 Å². The van der Waals surface area contributed by atoms with E-state index in [0.717, 1.165) is 0 Å². The van der Waals surface area contributed by atoms with E-state index in [1.807, 2.05) is 19.6 Å². The highest BCUT2D eigenvalue weighted by Crippen LogP contribution is 2.23. The second-order valence-corrected chi connectivity index (χ2v) is 49.3. The van der Waals surface area contributed by atoms with Gasteiger partial charge in [0, 0.05) is 0 Å². The second kappa shape index (κ2) is 10.1. The summed E-state index contributed by atoms with van der Waals surface area (Å²) >= 11 is 0. The van der Waals surface area contributed by atoms with Crippen LogP contribution in [0.5, 0.6) is 0 Å². The molecule has 10 nitrogen and oxygen atoms in total. The largest absolute Gasteiger partial charge is 0.546 e. The molecule has 26 heavy (non-hydrogen) atoms. The maximum atomic E-state index is 12.2. The molecule has 0 spiro atoms. The van der Waals surface area contributed by atoms with Gasteiger partial charge >= 0.3 is 71.4 Å². The van der Waals surface area contributed by atoms with Crippen LogP contribution >= 0.6 is 0 Å². The first-order valence-electron chi connectivity index (χ1n) is 7.00. The third kappa shape index (κ3) is 6.65. The second-order valence-electron chi connectivity index (χ2n) is 6.56.